The molecular formula is C47H22B8N2. The molecule has 0 amide bonds. The van der Waals surface area contributed by atoms with E-state index in [1.54, 1.807) is 0 Å². The number of nitrogens with zero attached hydrogens (tertiary/aromatic N) is 2. The second-order valence-corrected chi connectivity index (χ2v) is 14.4. The van der Waals surface area contributed by atoms with E-state index in [9.17, 15) is 0 Å². The molecule has 10 aromatic rings. The van der Waals surface area contributed by atoms with Crippen LogP contribution < -0.4 is 43.7 Å². The molecule has 1 aromatic heterocycles. The first kappa shape index (κ1) is 35.4. The van der Waals surface area contributed by atoms with Gasteiger partial charge in [0.1, 0.15) is 68.6 Å². The van der Waals surface area contributed by atoms with E-state index in [2.05, 4.69) is 53.1 Å². The highest BCUT2D eigenvalue weighted by molar-refractivity contribution is 6.71. The van der Waals surface area contributed by atoms with Crippen LogP contribution in [-0.4, -0.2) is 72.3 Å². The summed E-state index contributed by atoms with van der Waals surface area (Å²) in [5.74, 6) is 0.689. The predicted octanol–water partition coefficient (Wildman–Crippen LogP) is 2.99. The third-order valence-corrected chi connectivity index (χ3v) is 11.4. The molecule has 244 valence electrons. The Balaban J connectivity index is 1.47. The fourth-order valence-corrected chi connectivity index (χ4v) is 8.69. The minimum absolute atomic E-state index is 0.152. The van der Waals surface area contributed by atoms with Crippen LogP contribution in [0.2, 0.25) is 0 Å². The molecule has 0 spiro atoms. The predicted molar refractivity (Wildman–Crippen MR) is 251 cm³/mol. The lowest BCUT2D eigenvalue weighted by Gasteiger charge is -2.29. The van der Waals surface area contributed by atoms with E-state index < -0.39 is 0 Å². The Morgan fingerprint density at radius 1 is 0.368 bits per heavy atom. The van der Waals surface area contributed by atoms with Crippen molar-refractivity contribution in [2.45, 2.75) is 0 Å². The van der Waals surface area contributed by atoms with Gasteiger partial charge in [0.05, 0.1) is 11.0 Å². The highest BCUT2D eigenvalue weighted by Gasteiger charge is 2.28. The summed E-state index contributed by atoms with van der Waals surface area (Å²) in [5.41, 5.74) is 7.89. The molecule has 0 aliphatic carbocycles. The first-order chi connectivity index (χ1) is 27.7. The summed E-state index contributed by atoms with van der Waals surface area (Å²) < 4.78 is 2.14. The summed E-state index contributed by atoms with van der Waals surface area (Å²) in [7, 11) is 55.8. The smallest absolute Gasteiger partial charge is 0.146 e. The van der Waals surface area contributed by atoms with E-state index in [1.807, 2.05) is 84.9 Å². The number of imidazole rings is 1. The number of hydrogen-bond donors (Lipinski definition) is 0. The number of hydrogen-bond acceptors (Lipinski definition) is 1. The molecule has 0 unspecified atom stereocenters. The van der Waals surface area contributed by atoms with E-state index in [-0.39, 0.29) is 43.7 Å². The summed E-state index contributed by atoms with van der Waals surface area (Å²) >= 11 is 0. The summed E-state index contributed by atoms with van der Waals surface area (Å²) in [5, 5.41) is 6.29. The minimum atomic E-state index is 0.152. The van der Waals surface area contributed by atoms with Crippen LogP contribution in [0.3, 0.4) is 0 Å². The van der Waals surface area contributed by atoms with Gasteiger partial charge in [0.25, 0.3) is 0 Å². The third-order valence-electron chi connectivity index (χ3n) is 11.4. The number of rotatable bonds is 4. The Morgan fingerprint density at radius 2 is 0.825 bits per heavy atom. The highest BCUT2D eigenvalue weighted by atomic mass is 15.1. The maximum absolute atomic E-state index is 7.19. The van der Waals surface area contributed by atoms with Gasteiger partial charge in [0.15, 0.2) is 0 Å². The molecule has 0 aliphatic heterocycles. The van der Waals surface area contributed by atoms with Gasteiger partial charge in [-0.15, -0.1) is 21.9 Å². The highest BCUT2D eigenvalue weighted by Crippen LogP contribution is 2.46. The third kappa shape index (κ3) is 5.12. The quantitative estimate of drug-likeness (QED) is 0.157. The van der Waals surface area contributed by atoms with Crippen molar-refractivity contribution >= 4 is 161 Å². The Kier molecular flexibility index (Phi) is 8.27. The molecule has 10 heteroatoms. The Bertz CT molecular complexity index is 3260. The van der Waals surface area contributed by atoms with Crippen LogP contribution in [0.5, 0.6) is 0 Å². The average molecular weight is 701 g/mol. The Morgan fingerprint density at radius 3 is 1.44 bits per heavy atom. The molecule has 1 heterocycles. The van der Waals surface area contributed by atoms with Crippen LogP contribution in [0, 0.1) is 0 Å². The molecular weight excluding hydrogens is 679 g/mol. The van der Waals surface area contributed by atoms with Crippen LogP contribution in [0.25, 0.3) is 93.5 Å². The average Bonchev–Trinajstić information content (AvgIpc) is 3.65. The molecule has 9 aromatic carbocycles. The second-order valence-electron chi connectivity index (χ2n) is 14.4. The lowest BCUT2D eigenvalue weighted by Crippen LogP contribution is -2.50. The van der Waals surface area contributed by atoms with E-state index in [4.69, 9.17) is 67.8 Å². The fourth-order valence-electron chi connectivity index (χ4n) is 8.69. The number of benzene rings is 9. The van der Waals surface area contributed by atoms with Crippen molar-refractivity contribution in [2.75, 3.05) is 0 Å². The van der Waals surface area contributed by atoms with Crippen LogP contribution in [0.1, 0.15) is 0 Å². The SMILES string of the molecule is [B]c1c([B])c([B])c2c(-c3cc4ccccc4c4ccccc34)c3c([B])c([B])c([B])c([B])c3c(-c3ccccc3-c3nc4ccccc4n3-c3ccccc3)c2c1[B]. The second kappa shape index (κ2) is 13.3. The van der Waals surface area contributed by atoms with Crippen molar-refractivity contribution < 1.29 is 0 Å². The van der Waals surface area contributed by atoms with Gasteiger partial charge in [0.2, 0.25) is 0 Å². The summed E-state index contributed by atoms with van der Waals surface area (Å²) in [4.78, 5) is 5.24. The maximum Gasteiger partial charge on any atom is 0.146 e. The maximum atomic E-state index is 7.19. The molecule has 10 rings (SSSR count). The van der Waals surface area contributed by atoms with Gasteiger partial charge in [-0.1, -0.05) is 125 Å². The summed E-state index contributed by atoms with van der Waals surface area (Å²) in [6.45, 7) is 0. The van der Waals surface area contributed by atoms with Crippen LogP contribution in [0.4, 0.5) is 0 Å². The van der Waals surface area contributed by atoms with Crippen molar-refractivity contribution in [1.82, 2.24) is 9.55 Å². The molecule has 0 bridgehead atoms. The molecule has 2 nitrogen and oxygen atoms in total. The molecule has 57 heavy (non-hydrogen) atoms. The fraction of sp³-hybridized carbons (Fsp3) is 0. The van der Waals surface area contributed by atoms with Crippen molar-refractivity contribution in [3.8, 4) is 39.3 Å². The Hall–Kier alpha value is -5.99. The zero-order valence-corrected chi connectivity index (χ0v) is 30.7. The van der Waals surface area contributed by atoms with Crippen LogP contribution in [-0.2, 0) is 0 Å². The zero-order valence-electron chi connectivity index (χ0n) is 30.7. The van der Waals surface area contributed by atoms with Gasteiger partial charge in [0, 0.05) is 11.3 Å². The number of aromatic nitrogens is 2. The Labute approximate surface area is 341 Å². The molecule has 0 saturated heterocycles. The van der Waals surface area contributed by atoms with Gasteiger partial charge in [-0.05, 0) is 95.7 Å². The molecule has 0 fully saturated rings. The van der Waals surface area contributed by atoms with Crippen molar-refractivity contribution in [2.24, 2.45) is 0 Å². The normalized spacial score (nSPS) is 11.7. The van der Waals surface area contributed by atoms with E-state index in [0.717, 1.165) is 55.0 Å². The van der Waals surface area contributed by atoms with Crippen molar-refractivity contribution in [3.63, 3.8) is 0 Å². The van der Waals surface area contributed by atoms with Gasteiger partial charge < -0.3 is 0 Å². The summed E-state index contributed by atoms with van der Waals surface area (Å²) in [6, 6.07) is 44.7. The first-order valence-corrected chi connectivity index (χ1v) is 18.5. The molecule has 0 atom stereocenters. The lowest BCUT2D eigenvalue weighted by atomic mass is 9.59. The van der Waals surface area contributed by atoms with Crippen LogP contribution >= 0.6 is 0 Å². The van der Waals surface area contributed by atoms with Crippen molar-refractivity contribution in [3.05, 3.63) is 133 Å². The molecule has 0 N–H and O–H groups in total. The first-order valence-electron chi connectivity index (χ1n) is 18.5. The standard InChI is InChI=1S/C47H22B8N2/c48-39-35-33(28-18-8-9-19-29(28)47-56-31-20-10-11-21-32(31)57(47)24-13-2-1-3-14-24)36-38(42(51)46(55)44(53)40(36)49)34(37(35)41(50)45(54)43(39)52)30-22-23-12-4-5-15-25(23)26-16-6-7-17-27(26)30/h1-22H. The monoisotopic (exact) mass is 702 g/mol. The zero-order chi connectivity index (χ0) is 39.3. The van der Waals surface area contributed by atoms with E-state index >= 15 is 0 Å². The number of fused-ring (bicyclic) bond motifs is 6. The van der Waals surface area contributed by atoms with E-state index in [1.165, 1.54) is 0 Å². The summed E-state index contributed by atoms with van der Waals surface area (Å²) in [6.07, 6.45) is 0. The molecule has 16 radical (unpaired) electrons. The lowest BCUT2D eigenvalue weighted by molar-refractivity contribution is 1.10. The number of para-hydroxylation sites is 3. The van der Waals surface area contributed by atoms with E-state index in [0.29, 0.717) is 38.5 Å². The van der Waals surface area contributed by atoms with Gasteiger partial charge in [-0.2, -0.15) is 0 Å². The minimum Gasteiger partial charge on any atom is -0.292 e. The molecule has 0 saturated carbocycles. The van der Waals surface area contributed by atoms with Gasteiger partial charge >= 0.3 is 0 Å². The topological polar surface area (TPSA) is 17.8 Å². The van der Waals surface area contributed by atoms with Gasteiger partial charge in [-0.3, -0.25) is 4.57 Å². The van der Waals surface area contributed by atoms with Crippen molar-refractivity contribution in [1.29, 1.82) is 0 Å². The van der Waals surface area contributed by atoms with Gasteiger partial charge in [-0.25, -0.2) is 4.98 Å². The largest absolute Gasteiger partial charge is 0.292 e. The van der Waals surface area contributed by atoms with Crippen LogP contribution in [0.15, 0.2) is 133 Å². The molecule has 0 aliphatic rings.